The summed E-state index contributed by atoms with van der Waals surface area (Å²) in [5.41, 5.74) is 6.09. The fourth-order valence-electron chi connectivity index (χ4n) is 1.45. The molecule has 0 aliphatic heterocycles. The molecule has 5 nitrogen and oxygen atoms in total. The number of halogens is 5. The fourth-order valence-corrected chi connectivity index (χ4v) is 1.63. The molecule has 0 fully saturated rings. The Morgan fingerprint density at radius 2 is 2.05 bits per heavy atom. The van der Waals surface area contributed by atoms with Gasteiger partial charge in [-0.25, -0.2) is 13.5 Å². The second kappa shape index (κ2) is 5.23. The van der Waals surface area contributed by atoms with Gasteiger partial charge >= 0.3 is 12.3 Å². The highest BCUT2D eigenvalue weighted by Gasteiger charge is 2.42. The van der Waals surface area contributed by atoms with Crippen LogP contribution >= 0.6 is 11.6 Å². The Morgan fingerprint density at radius 1 is 1.35 bits per heavy atom. The van der Waals surface area contributed by atoms with Crippen LogP contribution in [-0.2, 0) is 6.54 Å². The van der Waals surface area contributed by atoms with Gasteiger partial charge in [0.1, 0.15) is 6.54 Å². The summed E-state index contributed by atoms with van der Waals surface area (Å²) in [6.45, 7) is -1.34. The standard InChI is InChI=1S/C10H8ClF4N5/c11-6-3-5(1-2-7(6)16)8-17-18-19-20(8)4-10(14,15)9(12)13/h1-3,9H,4,16H2. The van der Waals surface area contributed by atoms with Gasteiger partial charge in [-0.3, -0.25) is 0 Å². The van der Waals surface area contributed by atoms with Crippen molar-refractivity contribution in [3.8, 4) is 11.4 Å². The molecule has 10 heteroatoms. The predicted molar refractivity (Wildman–Crippen MR) is 63.6 cm³/mol. The molecule has 0 atom stereocenters. The number of hydrogen-bond donors (Lipinski definition) is 1. The van der Waals surface area contributed by atoms with Gasteiger partial charge in [-0.2, -0.15) is 8.78 Å². The SMILES string of the molecule is Nc1ccc(-c2nnnn2CC(F)(F)C(F)F)cc1Cl. The first-order valence-electron chi connectivity index (χ1n) is 5.29. The van der Waals surface area contributed by atoms with E-state index in [2.05, 4.69) is 15.5 Å². The van der Waals surface area contributed by atoms with Gasteiger partial charge in [0, 0.05) is 5.56 Å². The van der Waals surface area contributed by atoms with Crippen molar-refractivity contribution in [3.05, 3.63) is 23.2 Å². The Balaban J connectivity index is 2.35. The molecular weight excluding hydrogens is 302 g/mol. The van der Waals surface area contributed by atoms with Crippen molar-refractivity contribution in [3.63, 3.8) is 0 Å². The summed E-state index contributed by atoms with van der Waals surface area (Å²) in [4.78, 5) is 0. The monoisotopic (exact) mass is 309 g/mol. The highest BCUT2D eigenvalue weighted by atomic mass is 35.5. The van der Waals surface area contributed by atoms with E-state index >= 15 is 0 Å². The molecule has 20 heavy (non-hydrogen) atoms. The number of hydrogen-bond acceptors (Lipinski definition) is 4. The Labute approximate surface area is 115 Å². The predicted octanol–water partition coefficient (Wildman–Crippen LogP) is 2.48. The van der Waals surface area contributed by atoms with E-state index < -0.39 is 18.9 Å². The number of nitrogens with zero attached hydrogens (tertiary/aromatic N) is 4. The van der Waals surface area contributed by atoms with E-state index in [-0.39, 0.29) is 16.5 Å². The van der Waals surface area contributed by atoms with Gasteiger partial charge in [-0.1, -0.05) is 11.6 Å². The van der Waals surface area contributed by atoms with Crippen LogP contribution in [0.1, 0.15) is 0 Å². The molecule has 0 amide bonds. The number of alkyl halides is 4. The van der Waals surface area contributed by atoms with Gasteiger partial charge in [0.25, 0.3) is 0 Å². The summed E-state index contributed by atoms with van der Waals surface area (Å²) in [6.07, 6.45) is -3.81. The third kappa shape index (κ3) is 2.82. The number of aromatic nitrogens is 4. The summed E-state index contributed by atoms with van der Waals surface area (Å²) in [7, 11) is 0. The highest BCUT2D eigenvalue weighted by Crippen LogP contribution is 2.28. The fraction of sp³-hybridized carbons (Fsp3) is 0.300. The minimum atomic E-state index is -4.23. The smallest absolute Gasteiger partial charge is 0.326 e. The Hall–Kier alpha value is -1.90. The van der Waals surface area contributed by atoms with Crippen molar-refractivity contribution in [2.45, 2.75) is 18.9 Å². The lowest BCUT2D eigenvalue weighted by Gasteiger charge is -2.15. The van der Waals surface area contributed by atoms with Crippen LogP contribution in [-0.4, -0.2) is 32.6 Å². The van der Waals surface area contributed by atoms with Crippen LogP contribution in [0.2, 0.25) is 5.02 Å². The third-order valence-electron chi connectivity index (χ3n) is 2.47. The van der Waals surface area contributed by atoms with Crippen molar-refractivity contribution in [2.75, 3.05) is 5.73 Å². The van der Waals surface area contributed by atoms with Gasteiger partial charge in [0.15, 0.2) is 5.82 Å². The molecule has 0 saturated heterocycles. The average Bonchev–Trinajstić information content (AvgIpc) is 2.80. The molecule has 0 unspecified atom stereocenters. The first-order valence-corrected chi connectivity index (χ1v) is 5.66. The highest BCUT2D eigenvalue weighted by molar-refractivity contribution is 6.33. The number of tetrazole rings is 1. The Bertz CT molecular complexity index is 615. The van der Waals surface area contributed by atoms with Gasteiger partial charge in [-0.15, -0.1) is 5.10 Å². The van der Waals surface area contributed by atoms with E-state index in [0.717, 1.165) is 0 Å². The van der Waals surface area contributed by atoms with Crippen LogP contribution in [0, 0.1) is 0 Å². The first kappa shape index (κ1) is 14.5. The van der Waals surface area contributed by atoms with Crippen LogP contribution in [0.3, 0.4) is 0 Å². The van der Waals surface area contributed by atoms with Crippen LogP contribution < -0.4 is 5.73 Å². The van der Waals surface area contributed by atoms with Gasteiger partial charge in [0.05, 0.1) is 10.7 Å². The number of nitrogen functional groups attached to an aromatic ring is 1. The third-order valence-corrected chi connectivity index (χ3v) is 2.80. The van der Waals surface area contributed by atoms with Gasteiger partial charge in [-0.05, 0) is 28.6 Å². The van der Waals surface area contributed by atoms with Crippen LogP contribution in [0.5, 0.6) is 0 Å². The number of rotatable bonds is 4. The number of nitrogens with two attached hydrogens (primary N) is 1. The quantitative estimate of drug-likeness (QED) is 0.696. The molecule has 0 aliphatic carbocycles. The lowest BCUT2D eigenvalue weighted by atomic mass is 10.2. The van der Waals surface area contributed by atoms with Gasteiger partial charge < -0.3 is 5.73 Å². The lowest BCUT2D eigenvalue weighted by molar-refractivity contribution is -0.139. The van der Waals surface area contributed by atoms with Crippen molar-refractivity contribution in [2.24, 2.45) is 0 Å². The molecule has 0 aliphatic rings. The molecule has 0 saturated carbocycles. The van der Waals surface area contributed by atoms with Gasteiger partial charge in [0.2, 0.25) is 0 Å². The van der Waals surface area contributed by atoms with E-state index in [1.54, 1.807) is 0 Å². The minimum absolute atomic E-state index is 0.104. The molecule has 2 N–H and O–H groups in total. The largest absolute Gasteiger partial charge is 0.398 e. The summed E-state index contributed by atoms with van der Waals surface area (Å²) < 4.78 is 51.0. The molecule has 2 aromatic rings. The Morgan fingerprint density at radius 3 is 2.65 bits per heavy atom. The zero-order valence-electron chi connectivity index (χ0n) is 9.77. The van der Waals surface area contributed by atoms with Crippen molar-refractivity contribution in [1.29, 1.82) is 0 Å². The number of anilines is 1. The number of benzene rings is 1. The zero-order valence-corrected chi connectivity index (χ0v) is 10.5. The minimum Gasteiger partial charge on any atom is -0.398 e. The molecule has 108 valence electrons. The van der Waals surface area contributed by atoms with Crippen molar-refractivity contribution in [1.82, 2.24) is 20.2 Å². The van der Waals surface area contributed by atoms with E-state index in [4.69, 9.17) is 17.3 Å². The molecule has 2 rings (SSSR count). The molecule has 0 radical (unpaired) electrons. The molecule has 1 aromatic heterocycles. The van der Waals surface area contributed by atoms with Crippen LogP contribution in [0.25, 0.3) is 11.4 Å². The molecule has 0 bridgehead atoms. The second-order valence-corrected chi connectivity index (χ2v) is 4.37. The normalized spacial score (nSPS) is 12.1. The summed E-state index contributed by atoms with van der Waals surface area (Å²) in [5.74, 6) is -4.34. The lowest BCUT2D eigenvalue weighted by Crippen LogP contribution is -2.32. The second-order valence-electron chi connectivity index (χ2n) is 3.96. The summed E-state index contributed by atoms with van der Waals surface area (Å²) in [6, 6.07) is 4.24. The average molecular weight is 310 g/mol. The van der Waals surface area contributed by atoms with E-state index in [1.807, 2.05) is 0 Å². The van der Waals surface area contributed by atoms with E-state index in [1.165, 1.54) is 18.2 Å². The maximum Gasteiger partial charge on any atom is 0.326 e. The van der Waals surface area contributed by atoms with E-state index in [9.17, 15) is 17.6 Å². The maximum atomic E-state index is 13.0. The topological polar surface area (TPSA) is 69.6 Å². The summed E-state index contributed by atoms with van der Waals surface area (Å²) in [5, 5.41) is 10.2. The molecule has 0 spiro atoms. The first-order chi connectivity index (χ1) is 9.31. The molecule has 1 aromatic carbocycles. The van der Waals surface area contributed by atoms with Crippen molar-refractivity contribution < 1.29 is 17.6 Å². The maximum absolute atomic E-state index is 13.0. The Kier molecular flexibility index (Phi) is 3.80. The molecule has 1 heterocycles. The van der Waals surface area contributed by atoms with Crippen LogP contribution in [0.4, 0.5) is 23.2 Å². The summed E-state index contributed by atoms with van der Waals surface area (Å²) >= 11 is 5.80. The van der Waals surface area contributed by atoms with Crippen molar-refractivity contribution >= 4 is 17.3 Å². The van der Waals surface area contributed by atoms with Crippen LogP contribution in [0.15, 0.2) is 18.2 Å². The molecular formula is C10H8ClF4N5. The zero-order chi connectivity index (χ0) is 14.9. The van der Waals surface area contributed by atoms with E-state index in [0.29, 0.717) is 10.2 Å².